The second-order valence-corrected chi connectivity index (χ2v) is 5.62. The molecule has 0 bridgehead atoms. The topological polar surface area (TPSA) is 34.9 Å². The number of hydrogen-bond donors (Lipinski definition) is 0. The van der Waals surface area contributed by atoms with Crippen molar-refractivity contribution in [3.8, 4) is 0 Å². The monoisotopic (exact) mass is 284 g/mol. The average Bonchev–Trinajstić information content (AvgIpc) is 2.95. The second kappa shape index (κ2) is 3.99. The number of aryl methyl sites for hydroxylation is 2. The van der Waals surface area contributed by atoms with Crippen LogP contribution in [0.1, 0.15) is 38.1 Å². The molecule has 4 heteroatoms. The van der Waals surface area contributed by atoms with E-state index in [-0.39, 0.29) is 5.41 Å². The third-order valence-electron chi connectivity index (χ3n) is 3.45. The second-order valence-electron chi connectivity index (χ2n) is 4.82. The van der Waals surface area contributed by atoms with Gasteiger partial charge in [-0.3, -0.25) is 9.48 Å². The minimum Gasteiger partial charge on any atom is -0.299 e. The summed E-state index contributed by atoms with van der Waals surface area (Å²) in [5.74, 6) is 0.350. The Morgan fingerprint density at radius 1 is 1.56 bits per heavy atom. The number of rotatable bonds is 4. The fraction of sp³-hybridized carbons (Fsp3) is 0.667. The van der Waals surface area contributed by atoms with Gasteiger partial charge in [-0.05, 0) is 42.6 Å². The maximum atomic E-state index is 12.1. The molecule has 1 saturated carbocycles. The molecular formula is C12H17BrN2O. The molecule has 0 N–H and O–H groups in total. The summed E-state index contributed by atoms with van der Waals surface area (Å²) in [6.45, 7) is 6.88. The molecule has 2 rings (SSSR count). The van der Waals surface area contributed by atoms with E-state index in [0.29, 0.717) is 12.2 Å². The predicted octanol–water partition coefficient (Wildman–Crippen LogP) is 2.89. The van der Waals surface area contributed by atoms with Gasteiger partial charge in [0.05, 0.1) is 22.3 Å². The molecule has 1 aliphatic carbocycles. The van der Waals surface area contributed by atoms with Crippen molar-refractivity contribution < 1.29 is 4.79 Å². The lowest BCUT2D eigenvalue weighted by Gasteiger charge is -2.08. The summed E-state index contributed by atoms with van der Waals surface area (Å²) >= 11 is 3.52. The number of halogens is 1. The highest BCUT2D eigenvalue weighted by atomic mass is 79.9. The van der Waals surface area contributed by atoms with Gasteiger partial charge in [0.15, 0.2) is 0 Å². The van der Waals surface area contributed by atoms with Crippen LogP contribution in [0.25, 0.3) is 0 Å². The zero-order chi connectivity index (χ0) is 11.9. The largest absolute Gasteiger partial charge is 0.299 e. The van der Waals surface area contributed by atoms with Crippen molar-refractivity contribution in [3.63, 3.8) is 0 Å². The molecule has 0 atom stereocenters. The van der Waals surface area contributed by atoms with Gasteiger partial charge in [-0.25, -0.2) is 0 Å². The van der Waals surface area contributed by atoms with Crippen LogP contribution in [0.2, 0.25) is 0 Å². The minimum atomic E-state index is -0.0455. The van der Waals surface area contributed by atoms with Crippen LogP contribution in [-0.4, -0.2) is 15.6 Å². The van der Waals surface area contributed by atoms with Gasteiger partial charge >= 0.3 is 0 Å². The van der Waals surface area contributed by atoms with E-state index in [1.807, 2.05) is 18.5 Å². The Kier molecular flexibility index (Phi) is 2.95. The Bertz CT molecular complexity index is 432. The van der Waals surface area contributed by atoms with Gasteiger partial charge in [0, 0.05) is 12.0 Å². The molecule has 1 fully saturated rings. The maximum Gasteiger partial charge on any atom is 0.144 e. The van der Waals surface area contributed by atoms with E-state index in [9.17, 15) is 4.79 Å². The number of nitrogens with zero attached hydrogens (tertiary/aromatic N) is 2. The van der Waals surface area contributed by atoms with Crippen LogP contribution in [0.4, 0.5) is 0 Å². The molecule has 1 aliphatic rings. The lowest BCUT2D eigenvalue weighted by atomic mass is 9.99. The molecule has 1 heterocycles. The van der Waals surface area contributed by atoms with Crippen LogP contribution in [-0.2, 0) is 17.8 Å². The van der Waals surface area contributed by atoms with Crippen molar-refractivity contribution in [1.82, 2.24) is 9.78 Å². The normalized spacial score (nSPS) is 17.5. The standard InChI is InChI=1S/C12H17BrN2O/c1-4-15-9(11(13)8(2)14-15)7-10(16)12(3)5-6-12/h4-7H2,1-3H3. The number of Topliss-reactive ketones (excluding diaryl/α,β-unsaturated/α-hetero) is 1. The Labute approximate surface area is 104 Å². The number of carbonyl (C=O) groups is 1. The van der Waals surface area contributed by atoms with E-state index in [2.05, 4.69) is 28.0 Å². The van der Waals surface area contributed by atoms with Crippen LogP contribution >= 0.6 is 15.9 Å². The number of hydrogen-bond acceptors (Lipinski definition) is 2. The summed E-state index contributed by atoms with van der Waals surface area (Å²) in [6, 6.07) is 0. The van der Waals surface area contributed by atoms with Crippen molar-refractivity contribution in [2.75, 3.05) is 0 Å². The summed E-state index contributed by atoms with van der Waals surface area (Å²) in [5.41, 5.74) is 1.94. The molecule has 1 aromatic rings. The summed E-state index contributed by atoms with van der Waals surface area (Å²) in [6.07, 6.45) is 2.59. The van der Waals surface area contributed by atoms with Gasteiger partial charge < -0.3 is 0 Å². The van der Waals surface area contributed by atoms with Crippen molar-refractivity contribution in [1.29, 1.82) is 0 Å². The molecule has 0 aromatic carbocycles. The number of aromatic nitrogens is 2. The van der Waals surface area contributed by atoms with Crippen LogP contribution in [0, 0.1) is 12.3 Å². The molecule has 3 nitrogen and oxygen atoms in total. The van der Waals surface area contributed by atoms with Gasteiger partial charge in [0.25, 0.3) is 0 Å². The summed E-state index contributed by atoms with van der Waals surface area (Å²) < 4.78 is 2.91. The van der Waals surface area contributed by atoms with Crippen molar-refractivity contribution >= 4 is 21.7 Å². The molecule has 0 radical (unpaired) electrons. The van der Waals surface area contributed by atoms with E-state index in [4.69, 9.17) is 0 Å². The van der Waals surface area contributed by atoms with Gasteiger partial charge in [-0.15, -0.1) is 0 Å². The highest BCUT2D eigenvalue weighted by Crippen LogP contribution is 2.46. The van der Waals surface area contributed by atoms with Gasteiger partial charge in [0.1, 0.15) is 5.78 Å². The van der Waals surface area contributed by atoms with Crippen LogP contribution < -0.4 is 0 Å². The van der Waals surface area contributed by atoms with Crippen molar-refractivity contribution in [2.24, 2.45) is 5.41 Å². The van der Waals surface area contributed by atoms with Crippen LogP contribution in [0.15, 0.2) is 4.47 Å². The first kappa shape index (κ1) is 11.8. The van der Waals surface area contributed by atoms with E-state index < -0.39 is 0 Å². The first-order valence-electron chi connectivity index (χ1n) is 5.73. The highest BCUT2D eigenvalue weighted by Gasteiger charge is 2.44. The number of carbonyl (C=O) groups excluding carboxylic acids is 1. The Morgan fingerprint density at radius 2 is 2.19 bits per heavy atom. The van der Waals surface area contributed by atoms with E-state index in [1.165, 1.54) is 0 Å². The molecule has 16 heavy (non-hydrogen) atoms. The quantitative estimate of drug-likeness (QED) is 0.852. The highest BCUT2D eigenvalue weighted by molar-refractivity contribution is 9.10. The average molecular weight is 285 g/mol. The van der Waals surface area contributed by atoms with Gasteiger partial charge in [-0.1, -0.05) is 6.92 Å². The summed E-state index contributed by atoms with van der Waals surface area (Å²) in [5, 5.41) is 4.40. The SMILES string of the molecule is CCn1nc(C)c(Br)c1CC(=O)C1(C)CC1. The van der Waals surface area contributed by atoms with E-state index in [0.717, 1.165) is 35.2 Å². The molecule has 0 saturated heterocycles. The molecule has 0 spiro atoms. The fourth-order valence-corrected chi connectivity index (χ4v) is 2.29. The summed E-state index contributed by atoms with van der Waals surface area (Å²) in [7, 11) is 0. The third kappa shape index (κ3) is 1.95. The van der Waals surface area contributed by atoms with Crippen molar-refractivity contribution in [2.45, 2.75) is 46.6 Å². The van der Waals surface area contributed by atoms with Crippen LogP contribution in [0.5, 0.6) is 0 Å². The third-order valence-corrected chi connectivity index (χ3v) is 4.49. The van der Waals surface area contributed by atoms with Crippen LogP contribution in [0.3, 0.4) is 0 Å². The van der Waals surface area contributed by atoms with E-state index >= 15 is 0 Å². The molecule has 0 aliphatic heterocycles. The Morgan fingerprint density at radius 3 is 2.69 bits per heavy atom. The molecule has 88 valence electrons. The molecule has 0 unspecified atom stereocenters. The molecule has 0 amide bonds. The summed E-state index contributed by atoms with van der Waals surface area (Å²) in [4.78, 5) is 12.1. The van der Waals surface area contributed by atoms with Gasteiger partial charge in [-0.2, -0.15) is 5.10 Å². The minimum absolute atomic E-state index is 0.0455. The molecule has 1 aromatic heterocycles. The lowest BCUT2D eigenvalue weighted by molar-refractivity contribution is -0.123. The zero-order valence-corrected chi connectivity index (χ0v) is 11.6. The smallest absolute Gasteiger partial charge is 0.144 e. The zero-order valence-electron chi connectivity index (χ0n) is 10.0. The fourth-order valence-electron chi connectivity index (χ4n) is 1.87. The number of ketones is 1. The maximum absolute atomic E-state index is 12.1. The predicted molar refractivity (Wildman–Crippen MR) is 66.4 cm³/mol. The lowest BCUT2D eigenvalue weighted by Crippen LogP contribution is -2.17. The van der Waals surface area contributed by atoms with E-state index in [1.54, 1.807) is 0 Å². The Hall–Kier alpha value is -0.640. The van der Waals surface area contributed by atoms with Gasteiger partial charge in [0.2, 0.25) is 0 Å². The Balaban J connectivity index is 2.23. The molecular weight excluding hydrogens is 268 g/mol. The first-order chi connectivity index (χ1) is 7.48. The first-order valence-corrected chi connectivity index (χ1v) is 6.52. The van der Waals surface area contributed by atoms with Crippen molar-refractivity contribution in [3.05, 3.63) is 15.9 Å².